The summed E-state index contributed by atoms with van der Waals surface area (Å²) in [6.45, 7) is 1.61. The van der Waals surface area contributed by atoms with Gasteiger partial charge in [-0.1, -0.05) is 0 Å². The molecule has 0 spiro atoms. The highest BCUT2D eigenvalue weighted by atomic mass is 32.2. The van der Waals surface area contributed by atoms with Crippen LogP contribution in [0.25, 0.3) is 0 Å². The number of carbonyl (C=O) groups is 1. The lowest BCUT2D eigenvalue weighted by Crippen LogP contribution is -2.47. The van der Waals surface area contributed by atoms with Crippen molar-refractivity contribution in [2.45, 2.75) is 23.0 Å². The Bertz CT molecular complexity index is 625. The topological polar surface area (TPSA) is 75.7 Å². The summed E-state index contributed by atoms with van der Waals surface area (Å²) in [5.41, 5.74) is 0. The van der Waals surface area contributed by atoms with Gasteiger partial charge in [-0.15, -0.1) is 0 Å². The van der Waals surface area contributed by atoms with Crippen LogP contribution in [0.1, 0.15) is 12.8 Å². The van der Waals surface area contributed by atoms with Gasteiger partial charge in [-0.25, -0.2) is 17.6 Å². The zero-order valence-corrected chi connectivity index (χ0v) is 13.8. The zero-order chi connectivity index (χ0) is 16.9. The van der Waals surface area contributed by atoms with Gasteiger partial charge in [0.25, 0.3) is 0 Å². The number of rotatable bonds is 5. The van der Waals surface area contributed by atoms with E-state index in [2.05, 4.69) is 5.32 Å². The number of likely N-dealkylation sites (tertiary alicyclic amines) is 1. The van der Waals surface area contributed by atoms with Gasteiger partial charge in [0, 0.05) is 26.7 Å². The number of amides is 2. The summed E-state index contributed by atoms with van der Waals surface area (Å²) in [5.74, 6) is -0.466. The largest absolute Gasteiger partial charge is 0.383 e. The highest BCUT2D eigenvalue weighted by Crippen LogP contribution is 2.24. The molecular formula is C15H21FN2O4S. The van der Waals surface area contributed by atoms with E-state index in [-0.39, 0.29) is 10.9 Å². The summed E-state index contributed by atoms with van der Waals surface area (Å²) < 4.78 is 42.8. The number of sulfone groups is 1. The summed E-state index contributed by atoms with van der Waals surface area (Å²) in [5, 5.41) is 2.17. The average molecular weight is 344 g/mol. The van der Waals surface area contributed by atoms with E-state index in [4.69, 9.17) is 4.74 Å². The maximum atomic E-state index is 12.9. The molecule has 8 heteroatoms. The summed E-state index contributed by atoms with van der Waals surface area (Å²) in [6.07, 6.45) is 0.745. The van der Waals surface area contributed by atoms with Gasteiger partial charge in [0.1, 0.15) is 5.82 Å². The van der Waals surface area contributed by atoms with E-state index in [0.29, 0.717) is 39.1 Å². The molecule has 2 rings (SSSR count). The number of urea groups is 1. The Morgan fingerprint density at radius 2 is 1.91 bits per heavy atom. The highest BCUT2D eigenvalue weighted by molar-refractivity contribution is 7.92. The van der Waals surface area contributed by atoms with Crippen molar-refractivity contribution >= 4 is 15.9 Å². The Labute approximate surface area is 135 Å². The molecule has 0 aliphatic carbocycles. The number of nitrogens with one attached hydrogen (secondary N) is 1. The van der Waals surface area contributed by atoms with Crippen molar-refractivity contribution in [3.8, 4) is 0 Å². The number of halogens is 1. The van der Waals surface area contributed by atoms with E-state index < -0.39 is 20.9 Å². The predicted molar refractivity (Wildman–Crippen MR) is 83.5 cm³/mol. The molecular weight excluding hydrogens is 323 g/mol. The lowest BCUT2D eigenvalue weighted by Gasteiger charge is -2.31. The van der Waals surface area contributed by atoms with Crippen molar-refractivity contribution in [2.24, 2.45) is 0 Å². The fraction of sp³-hybridized carbons (Fsp3) is 0.533. The first-order chi connectivity index (χ1) is 10.9. The Kier molecular flexibility index (Phi) is 5.95. The molecule has 0 saturated carbocycles. The monoisotopic (exact) mass is 344 g/mol. The molecule has 1 fully saturated rings. The first-order valence-corrected chi connectivity index (χ1v) is 9.01. The van der Waals surface area contributed by atoms with Crippen LogP contribution < -0.4 is 5.32 Å². The van der Waals surface area contributed by atoms with Crippen molar-refractivity contribution in [2.75, 3.05) is 33.4 Å². The van der Waals surface area contributed by atoms with Crippen LogP contribution in [0.2, 0.25) is 0 Å². The fourth-order valence-corrected chi connectivity index (χ4v) is 4.29. The molecule has 1 saturated heterocycles. The molecule has 128 valence electrons. The van der Waals surface area contributed by atoms with Gasteiger partial charge in [-0.3, -0.25) is 0 Å². The Balaban J connectivity index is 1.93. The van der Waals surface area contributed by atoms with Crippen molar-refractivity contribution in [3.05, 3.63) is 30.1 Å². The summed E-state index contributed by atoms with van der Waals surface area (Å²) in [7, 11) is -1.94. The molecule has 2 amide bonds. The van der Waals surface area contributed by atoms with E-state index in [9.17, 15) is 17.6 Å². The minimum Gasteiger partial charge on any atom is -0.383 e. The normalized spacial score (nSPS) is 16.3. The van der Waals surface area contributed by atoms with Crippen molar-refractivity contribution in [1.82, 2.24) is 10.2 Å². The van der Waals surface area contributed by atoms with E-state index in [1.54, 1.807) is 12.0 Å². The summed E-state index contributed by atoms with van der Waals surface area (Å²) in [6, 6.07) is 4.65. The number of hydrogen-bond acceptors (Lipinski definition) is 4. The lowest BCUT2D eigenvalue weighted by molar-refractivity contribution is 0.173. The first-order valence-electron chi connectivity index (χ1n) is 7.46. The number of hydrogen-bond donors (Lipinski definition) is 1. The maximum Gasteiger partial charge on any atom is 0.317 e. The van der Waals surface area contributed by atoms with Crippen LogP contribution in [0.3, 0.4) is 0 Å². The minimum atomic E-state index is -3.49. The molecule has 0 radical (unpaired) electrons. The second-order valence-electron chi connectivity index (χ2n) is 5.41. The quantitative estimate of drug-likeness (QED) is 0.647. The smallest absolute Gasteiger partial charge is 0.317 e. The number of piperidine rings is 1. The predicted octanol–water partition coefficient (Wildman–Crippen LogP) is 1.42. The summed E-state index contributed by atoms with van der Waals surface area (Å²) in [4.78, 5) is 13.6. The number of carbonyl (C=O) groups excluding carboxylic acids is 1. The standard InChI is InChI=1S/C15H21FN2O4S/c1-22-11-8-17-15(19)18-9-6-14(7-10-18)23(20,21)13-4-2-12(16)3-5-13/h2-5,14H,6-11H2,1H3,(H,17,19). The molecule has 1 heterocycles. The van der Waals surface area contributed by atoms with Gasteiger partial charge in [-0.2, -0.15) is 0 Å². The van der Waals surface area contributed by atoms with Gasteiger partial charge < -0.3 is 15.0 Å². The van der Waals surface area contributed by atoms with Crippen LogP contribution in [0.15, 0.2) is 29.2 Å². The van der Waals surface area contributed by atoms with Crippen LogP contribution in [-0.4, -0.2) is 57.9 Å². The van der Waals surface area contributed by atoms with Crippen LogP contribution in [0.5, 0.6) is 0 Å². The molecule has 0 unspecified atom stereocenters. The second kappa shape index (κ2) is 7.74. The molecule has 1 aliphatic heterocycles. The Morgan fingerprint density at radius 3 is 2.48 bits per heavy atom. The van der Waals surface area contributed by atoms with E-state index in [1.807, 2.05) is 0 Å². The van der Waals surface area contributed by atoms with Crippen LogP contribution in [0, 0.1) is 5.82 Å². The first kappa shape index (κ1) is 17.7. The molecule has 1 aromatic rings. The molecule has 0 bridgehead atoms. The number of methoxy groups -OCH3 is 1. The van der Waals surface area contributed by atoms with Gasteiger partial charge in [-0.05, 0) is 37.1 Å². The van der Waals surface area contributed by atoms with Gasteiger partial charge in [0.2, 0.25) is 0 Å². The van der Waals surface area contributed by atoms with Gasteiger partial charge in [0.05, 0.1) is 16.8 Å². The van der Waals surface area contributed by atoms with Crippen molar-refractivity contribution < 1.29 is 22.3 Å². The second-order valence-corrected chi connectivity index (χ2v) is 7.64. The molecule has 6 nitrogen and oxygen atoms in total. The zero-order valence-electron chi connectivity index (χ0n) is 13.0. The highest BCUT2D eigenvalue weighted by Gasteiger charge is 2.32. The minimum absolute atomic E-state index is 0.127. The number of nitrogens with zero attached hydrogens (tertiary/aromatic N) is 1. The van der Waals surface area contributed by atoms with Crippen LogP contribution in [-0.2, 0) is 14.6 Å². The van der Waals surface area contributed by atoms with E-state index in [1.165, 1.54) is 12.1 Å². The summed E-state index contributed by atoms with van der Waals surface area (Å²) >= 11 is 0. The van der Waals surface area contributed by atoms with E-state index >= 15 is 0 Å². The third-order valence-corrected chi connectivity index (χ3v) is 6.17. The van der Waals surface area contributed by atoms with Crippen LogP contribution in [0.4, 0.5) is 9.18 Å². The van der Waals surface area contributed by atoms with Crippen molar-refractivity contribution in [1.29, 1.82) is 0 Å². The van der Waals surface area contributed by atoms with E-state index in [0.717, 1.165) is 12.1 Å². The molecule has 0 aromatic heterocycles. The molecule has 0 atom stereocenters. The van der Waals surface area contributed by atoms with Crippen molar-refractivity contribution in [3.63, 3.8) is 0 Å². The van der Waals surface area contributed by atoms with Crippen LogP contribution >= 0.6 is 0 Å². The molecule has 23 heavy (non-hydrogen) atoms. The molecule has 1 aliphatic rings. The Morgan fingerprint density at radius 1 is 1.30 bits per heavy atom. The molecule has 1 aromatic carbocycles. The lowest BCUT2D eigenvalue weighted by atomic mass is 10.1. The molecule has 1 N–H and O–H groups in total. The third-order valence-electron chi connectivity index (χ3n) is 3.89. The number of ether oxygens (including phenoxy) is 1. The average Bonchev–Trinajstić information content (AvgIpc) is 2.55. The third kappa shape index (κ3) is 4.42. The Hall–Kier alpha value is -1.67. The van der Waals surface area contributed by atoms with Gasteiger partial charge in [0.15, 0.2) is 9.84 Å². The fourth-order valence-electron chi connectivity index (χ4n) is 2.56. The number of benzene rings is 1. The maximum absolute atomic E-state index is 12.9. The SMILES string of the molecule is COCCNC(=O)N1CCC(S(=O)(=O)c2ccc(F)cc2)CC1. The van der Waals surface area contributed by atoms with Gasteiger partial charge >= 0.3 is 6.03 Å².